The summed E-state index contributed by atoms with van der Waals surface area (Å²) in [6.45, 7) is 2.55. The predicted molar refractivity (Wildman–Crippen MR) is 111 cm³/mol. The van der Waals surface area contributed by atoms with Gasteiger partial charge in [0.2, 0.25) is 0 Å². The highest BCUT2D eigenvalue weighted by molar-refractivity contribution is 8.01. The molecule has 144 valence electrons. The minimum absolute atomic E-state index is 0.0464. The van der Waals surface area contributed by atoms with Gasteiger partial charge in [-0.15, -0.1) is 11.3 Å². The number of aromatic nitrogens is 1. The van der Waals surface area contributed by atoms with Gasteiger partial charge in [-0.05, 0) is 54.3 Å². The van der Waals surface area contributed by atoms with E-state index in [0.717, 1.165) is 28.4 Å². The molecule has 28 heavy (non-hydrogen) atoms. The van der Waals surface area contributed by atoms with Crippen molar-refractivity contribution in [2.24, 2.45) is 0 Å². The van der Waals surface area contributed by atoms with E-state index in [2.05, 4.69) is 10.4 Å². The van der Waals surface area contributed by atoms with Gasteiger partial charge in [0.15, 0.2) is 4.34 Å². The van der Waals surface area contributed by atoms with Crippen LogP contribution in [0.5, 0.6) is 0 Å². The lowest BCUT2D eigenvalue weighted by Crippen LogP contribution is -2.30. The number of nitro groups is 1. The topological polar surface area (TPSA) is 76.3 Å². The largest absolute Gasteiger partial charge is 0.332 e. The lowest BCUT2D eigenvalue weighted by molar-refractivity contribution is -0.387. The van der Waals surface area contributed by atoms with Crippen molar-refractivity contribution < 1.29 is 9.72 Å². The van der Waals surface area contributed by atoms with Gasteiger partial charge < -0.3 is 4.90 Å². The number of hydrogen-bond acceptors (Lipinski definition) is 7. The summed E-state index contributed by atoms with van der Waals surface area (Å²) in [5.74, 6) is -0.154. The van der Waals surface area contributed by atoms with E-state index in [0.29, 0.717) is 17.0 Å². The number of thiazole rings is 1. The van der Waals surface area contributed by atoms with Crippen molar-refractivity contribution in [1.29, 1.82) is 0 Å². The molecule has 0 radical (unpaired) electrons. The van der Waals surface area contributed by atoms with Gasteiger partial charge in [-0.25, -0.2) is 4.98 Å². The summed E-state index contributed by atoms with van der Waals surface area (Å²) in [6.07, 6.45) is 1.85. The molecule has 1 amide bonds. The van der Waals surface area contributed by atoms with E-state index in [-0.39, 0.29) is 17.6 Å². The monoisotopic (exact) mass is 431 g/mol. The van der Waals surface area contributed by atoms with Crippen molar-refractivity contribution >= 4 is 46.0 Å². The molecule has 1 fully saturated rings. The molecular weight excluding hydrogens is 414 g/mol. The van der Waals surface area contributed by atoms with Crippen LogP contribution in [0.1, 0.15) is 40.5 Å². The van der Waals surface area contributed by atoms with E-state index in [1.54, 1.807) is 23.5 Å². The van der Waals surface area contributed by atoms with Gasteiger partial charge in [-0.2, -0.15) is 11.3 Å². The van der Waals surface area contributed by atoms with Crippen LogP contribution in [0.3, 0.4) is 0 Å². The fraction of sp³-hybridized carbons (Fsp3) is 0.263. The van der Waals surface area contributed by atoms with Gasteiger partial charge in [0, 0.05) is 29.2 Å². The third-order valence-electron chi connectivity index (χ3n) is 4.64. The number of hydrogen-bond donors (Lipinski definition) is 0. The first-order chi connectivity index (χ1) is 13.5. The molecule has 1 aliphatic heterocycles. The first-order valence-electron chi connectivity index (χ1n) is 8.74. The van der Waals surface area contributed by atoms with Crippen molar-refractivity contribution in [1.82, 2.24) is 9.88 Å². The Labute approximate surface area is 174 Å². The Bertz CT molecular complexity index is 1020. The Morgan fingerprint density at radius 1 is 1.36 bits per heavy atom. The summed E-state index contributed by atoms with van der Waals surface area (Å²) in [7, 11) is 0. The summed E-state index contributed by atoms with van der Waals surface area (Å²) in [5, 5.41) is 17.6. The van der Waals surface area contributed by atoms with Crippen LogP contribution in [0.2, 0.25) is 0 Å². The smallest absolute Gasteiger partial charge is 0.284 e. The summed E-state index contributed by atoms with van der Waals surface area (Å²) >= 11 is 4.32. The van der Waals surface area contributed by atoms with Gasteiger partial charge in [0.1, 0.15) is 0 Å². The fourth-order valence-corrected chi connectivity index (χ4v) is 5.93. The van der Waals surface area contributed by atoms with Gasteiger partial charge in [-0.1, -0.05) is 11.8 Å². The van der Waals surface area contributed by atoms with Crippen molar-refractivity contribution in [3.05, 3.63) is 67.3 Å². The fourth-order valence-electron chi connectivity index (χ4n) is 3.34. The highest BCUT2D eigenvalue weighted by Gasteiger charge is 2.32. The van der Waals surface area contributed by atoms with Crippen LogP contribution in [-0.2, 0) is 0 Å². The second kappa shape index (κ2) is 8.02. The average Bonchev–Trinajstić information content (AvgIpc) is 3.42. The second-order valence-electron chi connectivity index (χ2n) is 6.51. The molecule has 1 unspecified atom stereocenters. The molecule has 0 spiro atoms. The molecular formula is C19H17N3O3S3. The standard InChI is InChI=1S/C19H17N3O3S3/c1-12-10-27-19(20-12)28-17-5-4-13(9-16(17)22(24)25)18(23)21-7-2-3-15(21)14-6-8-26-11-14/h4-6,8-11,15H,2-3,7H2,1H3. The van der Waals surface area contributed by atoms with E-state index in [1.807, 2.05) is 28.7 Å². The molecule has 6 nitrogen and oxygen atoms in total. The Balaban J connectivity index is 1.61. The summed E-state index contributed by atoms with van der Waals surface area (Å²) < 4.78 is 0.747. The molecule has 2 aromatic heterocycles. The quantitative estimate of drug-likeness (QED) is 0.391. The number of benzene rings is 1. The molecule has 0 N–H and O–H groups in total. The first kappa shape index (κ1) is 19.1. The zero-order chi connectivity index (χ0) is 19.7. The van der Waals surface area contributed by atoms with Gasteiger partial charge in [-0.3, -0.25) is 14.9 Å². The summed E-state index contributed by atoms with van der Waals surface area (Å²) in [6, 6.07) is 6.82. The normalized spacial score (nSPS) is 16.5. The molecule has 0 aliphatic carbocycles. The SMILES string of the molecule is Cc1csc(Sc2ccc(C(=O)N3CCCC3c3ccsc3)cc2[N+](=O)[O-])n1. The number of nitrogens with zero attached hydrogens (tertiary/aromatic N) is 3. The Morgan fingerprint density at radius 2 is 2.21 bits per heavy atom. The van der Waals surface area contributed by atoms with Crippen LogP contribution in [0.15, 0.2) is 49.6 Å². The summed E-state index contributed by atoms with van der Waals surface area (Å²) in [4.78, 5) is 30.9. The lowest BCUT2D eigenvalue weighted by atomic mass is 10.1. The highest BCUT2D eigenvalue weighted by Crippen LogP contribution is 2.38. The summed E-state index contributed by atoms with van der Waals surface area (Å²) in [5.41, 5.74) is 2.32. The van der Waals surface area contributed by atoms with Gasteiger partial charge in [0.05, 0.1) is 15.9 Å². The maximum atomic E-state index is 13.1. The number of carbonyl (C=O) groups is 1. The molecule has 1 aromatic carbocycles. The maximum Gasteiger partial charge on any atom is 0.284 e. The zero-order valence-corrected chi connectivity index (χ0v) is 17.5. The van der Waals surface area contributed by atoms with E-state index in [9.17, 15) is 14.9 Å². The van der Waals surface area contributed by atoms with Crippen LogP contribution in [0, 0.1) is 17.0 Å². The highest BCUT2D eigenvalue weighted by atomic mass is 32.2. The number of thiophene rings is 1. The van der Waals surface area contributed by atoms with E-state index >= 15 is 0 Å². The van der Waals surface area contributed by atoms with Crippen LogP contribution >= 0.6 is 34.4 Å². The zero-order valence-electron chi connectivity index (χ0n) is 15.0. The van der Waals surface area contributed by atoms with Crippen molar-refractivity contribution in [2.45, 2.75) is 35.0 Å². The Morgan fingerprint density at radius 3 is 2.89 bits per heavy atom. The lowest BCUT2D eigenvalue weighted by Gasteiger charge is -2.24. The van der Waals surface area contributed by atoms with Crippen LogP contribution in [-0.4, -0.2) is 27.3 Å². The van der Waals surface area contributed by atoms with Crippen molar-refractivity contribution in [3.8, 4) is 0 Å². The molecule has 9 heteroatoms. The van der Waals surface area contributed by atoms with E-state index in [4.69, 9.17) is 0 Å². The molecule has 1 aliphatic rings. The van der Waals surface area contributed by atoms with E-state index in [1.165, 1.54) is 29.2 Å². The molecule has 4 rings (SSSR count). The first-order valence-corrected chi connectivity index (χ1v) is 11.4. The number of aryl methyl sites for hydroxylation is 1. The Hall–Kier alpha value is -2.23. The van der Waals surface area contributed by atoms with Crippen LogP contribution in [0.25, 0.3) is 0 Å². The number of nitro benzene ring substituents is 1. The van der Waals surface area contributed by atoms with Gasteiger partial charge in [0.25, 0.3) is 11.6 Å². The van der Waals surface area contributed by atoms with Crippen molar-refractivity contribution in [3.63, 3.8) is 0 Å². The molecule has 0 bridgehead atoms. The van der Waals surface area contributed by atoms with Crippen molar-refractivity contribution in [2.75, 3.05) is 6.54 Å². The minimum Gasteiger partial charge on any atom is -0.332 e. The number of likely N-dealkylation sites (tertiary alicyclic amines) is 1. The molecule has 1 saturated heterocycles. The third kappa shape index (κ3) is 3.82. The predicted octanol–water partition coefficient (Wildman–Crippen LogP) is 5.55. The van der Waals surface area contributed by atoms with Crippen LogP contribution < -0.4 is 0 Å². The molecule has 0 saturated carbocycles. The number of rotatable bonds is 5. The third-order valence-corrected chi connectivity index (χ3v) is 7.46. The van der Waals surface area contributed by atoms with Gasteiger partial charge >= 0.3 is 0 Å². The Kier molecular flexibility index (Phi) is 5.47. The van der Waals surface area contributed by atoms with Crippen LogP contribution in [0.4, 0.5) is 5.69 Å². The number of amides is 1. The maximum absolute atomic E-state index is 13.1. The molecule has 3 aromatic rings. The molecule has 3 heterocycles. The number of carbonyl (C=O) groups excluding carboxylic acids is 1. The van der Waals surface area contributed by atoms with E-state index < -0.39 is 4.92 Å². The second-order valence-corrected chi connectivity index (χ2v) is 9.44. The molecule has 1 atom stereocenters. The minimum atomic E-state index is -0.431. The average molecular weight is 432 g/mol.